The van der Waals surface area contributed by atoms with Gasteiger partial charge >= 0.3 is 17.9 Å². The molecule has 0 radical (unpaired) electrons. The van der Waals surface area contributed by atoms with Crippen LogP contribution in [0.1, 0.15) is 387 Å². The normalized spacial score (nSPS) is 12.1. The summed E-state index contributed by atoms with van der Waals surface area (Å²) in [6.07, 6.45) is 79.3. The molecule has 1 unspecified atom stereocenters. The average Bonchev–Trinajstić information content (AvgIpc) is 3.42. The number of ether oxygens (including phenoxy) is 3. The van der Waals surface area contributed by atoms with Crippen LogP contribution in [-0.2, 0) is 28.6 Å². The molecule has 6 heteroatoms. The van der Waals surface area contributed by atoms with Crippen molar-refractivity contribution in [2.24, 2.45) is 0 Å². The molecular weight excluding hydrogens is 937 g/mol. The van der Waals surface area contributed by atoms with Crippen LogP contribution in [0.4, 0.5) is 0 Å². The molecule has 0 saturated carbocycles. The molecule has 0 aliphatic rings. The molecule has 0 amide bonds. The van der Waals surface area contributed by atoms with Crippen molar-refractivity contribution in [1.29, 1.82) is 0 Å². The zero-order chi connectivity index (χ0) is 55.0. The van der Waals surface area contributed by atoms with E-state index in [1.165, 1.54) is 283 Å². The van der Waals surface area contributed by atoms with E-state index in [0.29, 0.717) is 19.3 Å². The molecule has 0 saturated heterocycles. The van der Waals surface area contributed by atoms with Gasteiger partial charge in [-0.15, -0.1) is 0 Å². The average molecular weight is 1070 g/mol. The number of rotatable bonds is 64. The van der Waals surface area contributed by atoms with Crippen LogP contribution in [0.3, 0.4) is 0 Å². The van der Waals surface area contributed by atoms with Crippen LogP contribution in [0.2, 0.25) is 0 Å². The first-order chi connectivity index (χ1) is 37.5. The molecule has 448 valence electrons. The standard InChI is InChI=1S/C70H132O6/c1-4-7-10-13-16-19-22-25-27-29-31-32-33-34-35-36-37-38-39-40-42-43-45-48-51-54-57-60-63-69(72)75-66-67(65-74-68(71)62-59-56-53-50-47-24-21-18-15-12-9-6-3)76-70(73)64-61-58-55-52-49-46-44-41-30-28-26-23-20-17-14-11-8-5-2/h18,21,28,30,67H,4-17,19-20,22-27,29,31-66H2,1-3H3/b21-18-,30-28-. The summed E-state index contributed by atoms with van der Waals surface area (Å²) in [5, 5.41) is 0. The second-order valence-corrected chi connectivity index (χ2v) is 23.4. The zero-order valence-corrected chi connectivity index (χ0v) is 51.6. The topological polar surface area (TPSA) is 78.9 Å². The van der Waals surface area contributed by atoms with Crippen LogP contribution in [0, 0.1) is 0 Å². The highest BCUT2D eigenvalue weighted by molar-refractivity contribution is 5.71. The van der Waals surface area contributed by atoms with Crippen molar-refractivity contribution in [3.8, 4) is 0 Å². The number of allylic oxidation sites excluding steroid dienone is 4. The van der Waals surface area contributed by atoms with E-state index in [2.05, 4.69) is 45.1 Å². The van der Waals surface area contributed by atoms with Gasteiger partial charge in [0.25, 0.3) is 0 Å². The summed E-state index contributed by atoms with van der Waals surface area (Å²) in [4.78, 5) is 38.3. The SMILES string of the molecule is CCCCC/C=C\CCCCCCCC(=O)OCC(COC(=O)CCCCCCCCCCCCCCCCCCCCCCCCCCCCCC)OC(=O)CCCCCCCCC/C=C\CCCCCCCCC. The molecule has 0 fully saturated rings. The van der Waals surface area contributed by atoms with E-state index in [1.54, 1.807) is 0 Å². The lowest BCUT2D eigenvalue weighted by molar-refractivity contribution is -0.167. The fourth-order valence-corrected chi connectivity index (χ4v) is 10.5. The van der Waals surface area contributed by atoms with Gasteiger partial charge < -0.3 is 14.2 Å². The Morgan fingerprint density at radius 1 is 0.250 bits per heavy atom. The lowest BCUT2D eigenvalue weighted by Crippen LogP contribution is -2.30. The first-order valence-electron chi connectivity index (χ1n) is 34.3. The van der Waals surface area contributed by atoms with Crippen LogP contribution in [0.5, 0.6) is 0 Å². The molecule has 0 spiro atoms. The minimum Gasteiger partial charge on any atom is -0.462 e. The highest BCUT2D eigenvalue weighted by Crippen LogP contribution is 2.18. The van der Waals surface area contributed by atoms with E-state index in [9.17, 15) is 14.4 Å². The van der Waals surface area contributed by atoms with Gasteiger partial charge in [0.2, 0.25) is 0 Å². The van der Waals surface area contributed by atoms with E-state index in [-0.39, 0.29) is 31.1 Å². The summed E-state index contributed by atoms with van der Waals surface area (Å²) < 4.78 is 16.9. The maximum absolute atomic E-state index is 12.9. The zero-order valence-electron chi connectivity index (χ0n) is 51.6. The summed E-state index contributed by atoms with van der Waals surface area (Å²) in [5.74, 6) is -0.858. The fourth-order valence-electron chi connectivity index (χ4n) is 10.5. The Labute approximate surface area is 474 Å². The molecule has 0 aliphatic heterocycles. The maximum atomic E-state index is 12.9. The molecule has 0 aromatic heterocycles. The Bertz CT molecular complexity index is 1230. The quantitative estimate of drug-likeness (QED) is 0.0261. The molecule has 6 nitrogen and oxygen atoms in total. The van der Waals surface area contributed by atoms with E-state index >= 15 is 0 Å². The summed E-state index contributed by atoms with van der Waals surface area (Å²) in [5.41, 5.74) is 0. The van der Waals surface area contributed by atoms with Gasteiger partial charge in [-0.2, -0.15) is 0 Å². The van der Waals surface area contributed by atoms with Gasteiger partial charge in [-0.1, -0.05) is 321 Å². The Morgan fingerprint density at radius 2 is 0.434 bits per heavy atom. The van der Waals surface area contributed by atoms with Gasteiger partial charge in [0.15, 0.2) is 6.10 Å². The van der Waals surface area contributed by atoms with Crippen LogP contribution < -0.4 is 0 Å². The van der Waals surface area contributed by atoms with Crippen molar-refractivity contribution in [2.75, 3.05) is 13.2 Å². The second kappa shape index (κ2) is 65.4. The van der Waals surface area contributed by atoms with Gasteiger partial charge in [0.05, 0.1) is 0 Å². The largest absolute Gasteiger partial charge is 0.462 e. The number of esters is 3. The van der Waals surface area contributed by atoms with Crippen molar-refractivity contribution < 1.29 is 28.6 Å². The lowest BCUT2D eigenvalue weighted by atomic mass is 10.0. The van der Waals surface area contributed by atoms with E-state index < -0.39 is 6.10 Å². The van der Waals surface area contributed by atoms with Crippen molar-refractivity contribution in [3.63, 3.8) is 0 Å². The molecule has 0 rings (SSSR count). The number of hydrogen-bond acceptors (Lipinski definition) is 6. The number of carbonyl (C=O) groups excluding carboxylic acids is 3. The van der Waals surface area contributed by atoms with Crippen LogP contribution in [0.15, 0.2) is 24.3 Å². The van der Waals surface area contributed by atoms with Gasteiger partial charge in [-0.3, -0.25) is 14.4 Å². The Kier molecular flexibility index (Phi) is 63.6. The highest BCUT2D eigenvalue weighted by atomic mass is 16.6. The molecule has 0 aromatic rings. The van der Waals surface area contributed by atoms with Crippen molar-refractivity contribution >= 4 is 17.9 Å². The molecular formula is C70H132O6. The Morgan fingerprint density at radius 3 is 0.684 bits per heavy atom. The van der Waals surface area contributed by atoms with Crippen molar-refractivity contribution in [3.05, 3.63) is 24.3 Å². The third kappa shape index (κ3) is 62.7. The summed E-state index contributed by atoms with van der Waals surface area (Å²) in [7, 11) is 0. The maximum Gasteiger partial charge on any atom is 0.306 e. The molecule has 0 heterocycles. The third-order valence-corrected chi connectivity index (χ3v) is 15.7. The van der Waals surface area contributed by atoms with E-state index in [1.807, 2.05) is 0 Å². The van der Waals surface area contributed by atoms with Gasteiger partial charge in [0, 0.05) is 19.3 Å². The van der Waals surface area contributed by atoms with Gasteiger partial charge in [-0.05, 0) is 70.6 Å². The molecule has 0 aromatic carbocycles. The first-order valence-corrected chi connectivity index (χ1v) is 34.3. The minimum absolute atomic E-state index is 0.0707. The fraction of sp³-hybridized carbons (Fsp3) is 0.900. The highest BCUT2D eigenvalue weighted by Gasteiger charge is 2.19. The summed E-state index contributed by atoms with van der Waals surface area (Å²) in [6, 6.07) is 0. The van der Waals surface area contributed by atoms with Crippen LogP contribution in [0.25, 0.3) is 0 Å². The monoisotopic (exact) mass is 1070 g/mol. The lowest BCUT2D eigenvalue weighted by Gasteiger charge is -2.18. The predicted octanol–water partition coefficient (Wildman–Crippen LogP) is 23.4. The van der Waals surface area contributed by atoms with E-state index in [4.69, 9.17) is 14.2 Å². The molecule has 0 N–H and O–H groups in total. The Balaban J connectivity index is 4.16. The Hall–Kier alpha value is -2.11. The first kappa shape index (κ1) is 73.9. The van der Waals surface area contributed by atoms with Crippen molar-refractivity contribution in [1.82, 2.24) is 0 Å². The molecule has 0 bridgehead atoms. The van der Waals surface area contributed by atoms with Crippen LogP contribution >= 0.6 is 0 Å². The number of hydrogen-bond donors (Lipinski definition) is 0. The molecule has 1 atom stereocenters. The minimum atomic E-state index is -0.774. The number of carbonyl (C=O) groups is 3. The molecule has 0 aliphatic carbocycles. The van der Waals surface area contributed by atoms with Gasteiger partial charge in [0.1, 0.15) is 13.2 Å². The summed E-state index contributed by atoms with van der Waals surface area (Å²) >= 11 is 0. The van der Waals surface area contributed by atoms with Crippen LogP contribution in [-0.4, -0.2) is 37.2 Å². The second-order valence-electron chi connectivity index (χ2n) is 23.4. The summed E-state index contributed by atoms with van der Waals surface area (Å²) in [6.45, 7) is 6.67. The third-order valence-electron chi connectivity index (χ3n) is 15.7. The van der Waals surface area contributed by atoms with Crippen molar-refractivity contribution in [2.45, 2.75) is 393 Å². The van der Waals surface area contributed by atoms with Gasteiger partial charge in [-0.25, -0.2) is 0 Å². The number of unbranched alkanes of at least 4 members (excludes halogenated alkanes) is 49. The smallest absolute Gasteiger partial charge is 0.306 e. The molecule has 76 heavy (non-hydrogen) atoms. The van der Waals surface area contributed by atoms with E-state index in [0.717, 1.165) is 64.2 Å². The predicted molar refractivity (Wildman–Crippen MR) is 330 cm³/mol.